The number of carbonyl (C=O) groups is 1. The molecule has 1 unspecified atom stereocenters. The summed E-state index contributed by atoms with van der Waals surface area (Å²) in [7, 11) is 0. The number of fused-ring (bicyclic) bond motifs is 1. The molecule has 5 heteroatoms. The number of halogens is 1. The molecule has 1 amide bonds. The summed E-state index contributed by atoms with van der Waals surface area (Å²) >= 11 is 0. The standard InChI is InChI=1S/C25H21FN2O2/c1-16-4-2-5-18(14-16)19-9-12-23-21(15-19)27-24(30-23)22-6-3-13-28(22)25(29)17-7-10-20(26)11-8-17/h2,4-5,7-12,14-15,22H,3,6,13H2,1H3. The molecule has 4 aromatic rings. The van der Waals surface area contributed by atoms with Crippen LogP contribution in [0.1, 0.15) is 40.7 Å². The number of rotatable bonds is 3. The van der Waals surface area contributed by atoms with Gasteiger partial charge >= 0.3 is 0 Å². The fourth-order valence-corrected chi connectivity index (χ4v) is 4.12. The molecule has 0 N–H and O–H groups in total. The van der Waals surface area contributed by atoms with Gasteiger partial charge in [-0.3, -0.25) is 4.79 Å². The van der Waals surface area contributed by atoms with E-state index in [9.17, 15) is 9.18 Å². The zero-order valence-electron chi connectivity index (χ0n) is 16.6. The molecular formula is C25H21FN2O2. The van der Waals surface area contributed by atoms with Crippen LogP contribution in [0.5, 0.6) is 0 Å². The van der Waals surface area contributed by atoms with Crippen LogP contribution in [0.2, 0.25) is 0 Å². The third-order valence-corrected chi connectivity index (χ3v) is 5.65. The van der Waals surface area contributed by atoms with Gasteiger partial charge in [0.05, 0.1) is 0 Å². The number of aryl methyl sites for hydroxylation is 1. The van der Waals surface area contributed by atoms with Crippen LogP contribution < -0.4 is 0 Å². The van der Waals surface area contributed by atoms with Crippen molar-refractivity contribution in [2.24, 2.45) is 0 Å². The fraction of sp³-hybridized carbons (Fsp3) is 0.200. The zero-order chi connectivity index (χ0) is 20.7. The first-order valence-electron chi connectivity index (χ1n) is 10.1. The van der Waals surface area contributed by atoms with Gasteiger partial charge in [-0.25, -0.2) is 9.37 Å². The van der Waals surface area contributed by atoms with Gasteiger partial charge in [0.2, 0.25) is 5.89 Å². The highest BCUT2D eigenvalue weighted by Gasteiger charge is 2.34. The van der Waals surface area contributed by atoms with Gasteiger partial charge in [0.1, 0.15) is 17.4 Å². The lowest BCUT2D eigenvalue weighted by Crippen LogP contribution is -2.30. The second-order valence-corrected chi connectivity index (χ2v) is 7.77. The molecule has 0 spiro atoms. The molecule has 1 aliphatic heterocycles. The first-order valence-corrected chi connectivity index (χ1v) is 10.1. The molecule has 0 radical (unpaired) electrons. The Balaban J connectivity index is 1.46. The average Bonchev–Trinajstić information content (AvgIpc) is 3.40. The molecule has 4 nitrogen and oxygen atoms in total. The molecule has 1 fully saturated rings. The Hall–Kier alpha value is -3.47. The maximum atomic E-state index is 13.2. The van der Waals surface area contributed by atoms with Gasteiger partial charge in [0.15, 0.2) is 5.58 Å². The van der Waals surface area contributed by atoms with Crippen molar-refractivity contribution in [3.8, 4) is 11.1 Å². The lowest BCUT2D eigenvalue weighted by molar-refractivity contribution is 0.0717. The highest BCUT2D eigenvalue weighted by molar-refractivity contribution is 5.94. The third-order valence-electron chi connectivity index (χ3n) is 5.65. The van der Waals surface area contributed by atoms with E-state index in [1.54, 1.807) is 4.90 Å². The van der Waals surface area contributed by atoms with Crippen LogP contribution >= 0.6 is 0 Å². The van der Waals surface area contributed by atoms with E-state index in [1.165, 1.54) is 29.8 Å². The number of nitrogens with zero attached hydrogens (tertiary/aromatic N) is 2. The van der Waals surface area contributed by atoms with Gasteiger partial charge in [-0.1, -0.05) is 35.9 Å². The van der Waals surface area contributed by atoms with Crippen molar-refractivity contribution >= 4 is 17.0 Å². The molecule has 1 aliphatic rings. The quantitative estimate of drug-likeness (QED) is 0.429. The summed E-state index contributed by atoms with van der Waals surface area (Å²) in [6.45, 7) is 2.71. The van der Waals surface area contributed by atoms with Gasteiger partial charge in [0, 0.05) is 12.1 Å². The molecule has 0 saturated carbocycles. The largest absolute Gasteiger partial charge is 0.438 e. The van der Waals surface area contributed by atoms with E-state index in [0.29, 0.717) is 23.6 Å². The topological polar surface area (TPSA) is 46.3 Å². The second kappa shape index (κ2) is 7.41. The lowest BCUT2D eigenvalue weighted by atomic mass is 10.0. The number of oxazole rings is 1. The molecule has 0 aliphatic carbocycles. The highest BCUT2D eigenvalue weighted by atomic mass is 19.1. The van der Waals surface area contributed by atoms with Crippen molar-refractivity contribution < 1.29 is 13.6 Å². The molecule has 30 heavy (non-hydrogen) atoms. The Labute approximate surface area is 174 Å². The number of likely N-dealkylation sites (tertiary alicyclic amines) is 1. The second-order valence-electron chi connectivity index (χ2n) is 7.77. The Morgan fingerprint density at radius 1 is 1.07 bits per heavy atom. The Morgan fingerprint density at radius 2 is 1.87 bits per heavy atom. The lowest BCUT2D eigenvalue weighted by Gasteiger charge is -2.22. The number of amides is 1. The minimum atomic E-state index is -0.354. The van der Waals surface area contributed by atoms with Gasteiger partial charge in [0.25, 0.3) is 5.91 Å². The van der Waals surface area contributed by atoms with Crippen molar-refractivity contribution in [1.29, 1.82) is 0 Å². The Bertz CT molecular complexity index is 1230. The number of carbonyl (C=O) groups excluding carboxylic acids is 1. The minimum absolute atomic E-state index is 0.125. The molecule has 2 heterocycles. The normalized spacial score (nSPS) is 16.3. The van der Waals surface area contributed by atoms with E-state index in [2.05, 4.69) is 25.1 Å². The monoisotopic (exact) mass is 400 g/mol. The van der Waals surface area contributed by atoms with E-state index >= 15 is 0 Å². The summed E-state index contributed by atoms with van der Waals surface area (Å²) in [5, 5.41) is 0. The molecular weight excluding hydrogens is 379 g/mol. The van der Waals surface area contributed by atoms with Gasteiger partial charge in [-0.05, 0) is 67.3 Å². The SMILES string of the molecule is Cc1cccc(-c2ccc3oc(C4CCCN4C(=O)c4ccc(F)cc4)nc3c2)c1. The van der Waals surface area contributed by atoms with Crippen LogP contribution in [0.15, 0.2) is 71.1 Å². The van der Waals surface area contributed by atoms with Crippen LogP contribution in [-0.4, -0.2) is 22.3 Å². The smallest absolute Gasteiger partial charge is 0.254 e. The highest BCUT2D eigenvalue weighted by Crippen LogP contribution is 2.35. The van der Waals surface area contributed by atoms with Gasteiger partial charge in [-0.15, -0.1) is 0 Å². The van der Waals surface area contributed by atoms with E-state index in [1.807, 2.05) is 24.3 Å². The van der Waals surface area contributed by atoms with E-state index < -0.39 is 0 Å². The van der Waals surface area contributed by atoms with Gasteiger partial charge in [-0.2, -0.15) is 0 Å². The zero-order valence-corrected chi connectivity index (χ0v) is 16.6. The molecule has 1 aromatic heterocycles. The predicted molar refractivity (Wildman–Crippen MR) is 114 cm³/mol. The summed E-state index contributed by atoms with van der Waals surface area (Å²) in [5.74, 6) is 0.0763. The van der Waals surface area contributed by atoms with Crippen LogP contribution in [0.4, 0.5) is 4.39 Å². The number of benzene rings is 3. The molecule has 5 rings (SSSR count). The van der Waals surface area contributed by atoms with Crippen LogP contribution in [-0.2, 0) is 0 Å². The number of hydrogen-bond donors (Lipinski definition) is 0. The maximum absolute atomic E-state index is 13.2. The van der Waals surface area contributed by atoms with Gasteiger partial charge < -0.3 is 9.32 Å². The summed E-state index contributed by atoms with van der Waals surface area (Å²) in [6.07, 6.45) is 1.68. The first kappa shape index (κ1) is 18.6. The maximum Gasteiger partial charge on any atom is 0.254 e. The van der Waals surface area contributed by atoms with Crippen LogP contribution in [0, 0.1) is 12.7 Å². The Kier molecular flexibility index (Phi) is 4.58. The minimum Gasteiger partial charge on any atom is -0.438 e. The fourth-order valence-electron chi connectivity index (χ4n) is 4.12. The summed E-state index contributed by atoms with van der Waals surface area (Å²) in [4.78, 5) is 19.5. The van der Waals surface area contributed by atoms with E-state index in [0.717, 1.165) is 29.5 Å². The van der Waals surface area contributed by atoms with Crippen molar-refractivity contribution in [3.05, 3.63) is 89.6 Å². The average molecular weight is 400 g/mol. The number of hydrogen-bond acceptors (Lipinski definition) is 3. The van der Waals surface area contributed by atoms with Crippen LogP contribution in [0.3, 0.4) is 0 Å². The van der Waals surface area contributed by atoms with Crippen LogP contribution in [0.25, 0.3) is 22.2 Å². The van der Waals surface area contributed by atoms with Crippen molar-refractivity contribution in [2.45, 2.75) is 25.8 Å². The number of aromatic nitrogens is 1. The van der Waals surface area contributed by atoms with E-state index in [4.69, 9.17) is 9.40 Å². The molecule has 1 atom stereocenters. The Morgan fingerprint density at radius 3 is 2.67 bits per heavy atom. The summed E-state index contributed by atoms with van der Waals surface area (Å²) in [5.41, 5.74) is 5.38. The van der Waals surface area contributed by atoms with Crippen molar-refractivity contribution in [3.63, 3.8) is 0 Å². The summed E-state index contributed by atoms with van der Waals surface area (Å²) < 4.78 is 19.3. The molecule has 1 saturated heterocycles. The predicted octanol–water partition coefficient (Wildman–Crippen LogP) is 5.92. The summed E-state index contributed by atoms with van der Waals surface area (Å²) in [6, 6.07) is 19.8. The third kappa shape index (κ3) is 3.36. The van der Waals surface area contributed by atoms with Crippen molar-refractivity contribution in [1.82, 2.24) is 9.88 Å². The molecule has 0 bridgehead atoms. The van der Waals surface area contributed by atoms with Crippen molar-refractivity contribution in [2.75, 3.05) is 6.54 Å². The molecule has 150 valence electrons. The molecule has 3 aromatic carbocycles. The first-order chi connectivity index (χ1) is 14.6. The van der Waals surface area contributed by atoms with E-state index in [-0.39, 0.29) is 17.8 Å².